The number of nitrogen functional groups attached to an aromatic ring is 1. The number of hydrogen-bond acceptors (Lipinski definition) is 6. The van der Waals surface area contributed by atoms with Crippen LogP contribution in [0.2, 0.25) is 0 Å². The van der Waals surface area contributed by atoms with Gasteiger partial charge in [0, 0.05) is 24.6 Å². The van der Waals surface area contributed by atoms with E-state index in [1.807, 2.05) is 6.07 Å². The molecule has 1 fully saturated rings. The lowest BCUT2D eigenvalue weighted by molar-refractivity contribution is -0.0716. The highest BCUT2D eigenvalue weighted by Gasteiger charge is 2.44. The molecule has 1 spiro atoms. The van der Waals surface area contributed by atoms with E-state index in [9.17, 15) is 4.79 Å². The number of aromatic nitrogens is 3. The molecule has 1 aliphatic heterocycles. The number of nitrogens with two attached hydrogens (primary N) is 1. The summed E-state index contributed by atoms with van der Waals surface area (Å²) in [6.45, 7) is 0.198. The second-order valence-corrected chi connectivity index (χ2v) is 5.93. The molecule has 5 N–H and O–H groups in total. The fourth-order valence-corrected chi connectivity index (χ4v) is 3.02. The topological polar surface area (TPSA) is 127 Å². The number of ether oxygens (including phenoxy) is 2. The Labute approximate surface area is 137 Å². The van der Waals surface area contributed by atoms with Crippen LogP contribution in [0.3, 0.4) is 0 Å². The fraction of sp³-hybridized carbons (Fsp3) is 0.400. The van der Waals surface area contributed by atoms with E-state index in [0.717, 1.165) is 31.4 Å². The summed E-state index contributed by atoms with van der Waals surface area (Å²) in [6, 6.07) is 5.01. The minimum absolute atomic E-state index is 0.142. The number of carbonyl (C=O) groups excluding carboxylic acids is 1. The van der Waals surface area contributed by atoms with Gasteiger partial charge < -0.3 is 25.8 Å². The van der Waals surface area contributed by atoms with Gasteiger partial charge in [-0.25, -0.2) is 4.79 Å². The predicted octanol–water partition coefficient (Wildman–Crippen LogP) is 1.75. The Kier molecular flexibility index (Phi) is 3.40. The molecule has 0 atom stereocenters. The first-order chi connectivity index (χ1) is 11.6. The molecule has 1 aliphatic carbocycles. The van der Waals surface area contributed by atoms with Crippen molar-refractivity contribution in [3.8, 4) is 11.5 Å². The summed E-state index contributed by atoms with van der Waals surface area (Å²) in [5, 5.41) is 11.7. The lowest BCUT2D eigenvalue weighted by atomic mass is 10.2. The van der Waals surface area contributed by atoms with Gasteiger partial charge in [-0.15, -0.1) is 5.10 Å². The maximum atomic E-state index is 12.0. The molecule has 1 aromatic carbocycles. The molecule has 2 amide bonds. The summed E-state index contributed by atoms with van der Waals surface area (Å²) in [4.78, 5) is 15.9. The van der Waals surface area contributed by atoms with Crippen LogP contribution in [-0.4, -0.2) is 27.0 Å². The molecule has 24 heavy (non-hydrogen) atoms. The van der Waals surface area contributed by atoms with E-state index in [1.165, 1.54) is 0 Å². The van der Waals surface area contributed by atoms with Gasteiger partial charge >= 0.3 is 6.03 Å². The van der Waals surface area contributed by atoms with Crippen LogP contribution in [0.25, 0.3) is 0 Å². The van der Waals surface area contributed by atoms with Crippen molar-refractivity contribution in [1.29, 1.82) is 0 Å². The summed E-state index contributed by atoms with van der Waals surface area (Å²) in [5.41, 5.74) is 6.03. The Morgan fingerprint density at radius 1 is 1.29 bits per heavy atom. The van der Waals surface area contributed by atoms with Crippen molar-refractivity contribution in [2.24, 2.45) is 0 Å². The van der Waals surface area contributed by atoms with Crippen molar-refractivity contribution >= 4 is 17.7 Å². The second-order valence-electron chi connectivity index (χ2n) is 5.93. The largest absolute Gasteiger partial charge is 0.448 e. The SMILES string of the molecule is Nc1n[nH]c(CNC(=O)Nc2ccc3c(c2)OC2(CCCC2)O3)n1. The van der Waals surface area contributed by atoms with Crippen molar-refractivity contribution in [3.05, 3.63) is 24.0 Å². The Balaban J connectivity index is 1.37. The number of hydrogen-bond donors (Lipinski definition) is 4. The van der Waals surface area contributed by atoms with Gasteiger partial charge in [-0.05, 0) is 25.0 Å². The van der Waals surface area contributed by atoms with Gasteiger partial charge in [0.15, 0.2) is 11.5 Å². The summed E-state index contributed by atoms with van der Waals surface area (Å²) in [7, 11) is 0. The standard InChI is InChI=1S/C15H18N6O3/c16-13-19-12(20-21-13)8-17-14(22)18-9-3-4-10-11(7-9)24-15(23-10)5-1-2-6-15/h3-4,7H,1-2,5-6,8H2,(H2,17,18,22)(H3,16,19,20,21). The van der Waals surface area contributed by atoms with E-state index < -0.39 is 5.79 Å². The molecule has 2 heterocycles. The van der Waals surface area contributed by atoms with Gasteiger partial charge in [-0.2, -0.15) is 4.98 Å². The highest BCUT2D eigenvalue weighted by atomic mass is 16.7. The fourth-order valence-electron chi connectivity index (χ4n) is 3.02. The molecular formula is C15H18N6O3. The maximum absolute atomic E-state index is 12.0. The number of nitrogens with one attached hydrogen (secondary N) is 3. The van der Waals surface area contributed by atoms with Crippen molar-refractivity contribution < 1.29 is 14.3 Å². The normalized spacial score (nSPS) is 17.2. The van der Waals surface area contributed by atoms with Crippen molar-refractivity contribution in [3.63, 3.8) is 0 Å². The molecule has 2 aromatic rings. The molecule has 9 heteroatoms. The number of anilines is 2. The molecular weight excluding hydrogens is 312 g/mol. The van der Waals surface area contributed by atoms with Crippen LogP contribution in [0.5, 0.6) is 11.5 Å². The number of nitrogens with zero attached hydrogens (tertiary/aromatic N) is 2. The lowest BCUT2D eigenvalue weighted by Gasteiger charge is -2.21. The number of rotatable bonds is 3. The summed E-state index contributed by atoms with van der Waals surface area (Å²) >= 11 is 0. The number of carbonyl (C=O) groups is 1. The number of H-pyrrole nitrogens is 1. The third-order valence-electron chi connectivity index (χ3n) is 4.12. The summed E-state index contributed by atoms with van der Waals surface area (Å²) < 4.78 is 11.9. The van der Waals surface area contributed by atoms with E-state index >= 15 is 0 Å². The molecule has 9 nitrogen and oxygen atoms in total. The third-order valence-corrected chi connectivity index (χ3v) is 4.12. The first-order valence-electron chi connectivity index (χ1n) is 7.86. The van der Waals surface area contributed by atoms with Gasteiger partial charge in [0.05, 0.1) is 6.54 Å². The zero-order chi connectivity index (χ0) is 16.6. The number of amides is 2. The van der Waals surface area contributed by atoms with Gasteiger partial charge in [0.2, 0.25) is 5.95 Å². The van der Waals surface area contributed by atoms with Crippen LogP contribution in [0.1, 0.15) is 31.5 Å². The molecule has 0 unspecified atom stereocenters. The quantitative estimate of drug-likeness (QED) is 0.679. The van der Waals surface area contributed by atoms with E-state index in [-0.39, 0.29) is 18.5 Å². The first-order valence-corrected chi connectivity index (χ1v) is 7.86. The van der Waals surface area contributed by atoms with Gasteiger partial charge in [0.1, 0.15) is 5.82 Å². The average Bonchev–Trinajstić information content (AvgIpc) is 3.26. The predicted molar refractivity (Wildman–Crippen MR) is 85.6 cm³/mol. The molecule has 0 radical (unpaired) electrons. The van der Waals surface area contributed by atoms with Gasteiger partial charge in [0.25, 0.3) is 5.79 Å². The monoisotopic (exact) mass is 330 g/mol. The molecule has 2 aliphatic rings. The molecule has 0 saturated heterocycles. The van der Waals surface area contributed by atoms with Crippen molar-refractivity contribution in [1.82, 2.24) is 20.5 Å². The van der Waals surface area contributed by atoms with E-state index in [2.05, 4.69) is 25.8 Å². The van der Waals surface area contributed by atoms with Crippen LogP contribution in [0, 0.1) is 0 Å². The van der Waals surface area contributed by atoms with Crippen LogP contribution in [-0.2, 0) is 6.54 Å². The highest BCUT2D eigenvalue weighted by Crippen LogP contribution is 2.47. The van der Waals surface area contributed by atoms with Crippen LogP contribution in [0.15, 0.2) is 18.2 Å². The number of fused-ring (bicyclic) bond motifs is 1. The van der Waals surface area contributed by atoms with E-state index in [1.54, 1.807) is 12.1 Å². The van der Waals surface area contributed by atoms with Crippen molar-refractivity contribution in [2.75, 3.05) is 11.1 Å². The smallest absolute Gasteiger partial charge is 0.319 e. The lowest BCUT2D eigenvalue weighted by Crippen LogP contribution is -2.34. The second kappa shape index (κ2) is 5.59. The summed E-state index contributed by atoms with van der Waals surface area (Å²) in [6.07, 6.45) is 4.00. The minimum Gasteiger partial charge on any atom is -0.448 e. The summed E-state index contributed by atoms with van der Waals surface area (Å²) in [5.74, 6) is 1.51. The number of urea groups is 1. The number of benzene rings is 1. The van der Waals surface area contributed by atoms with E-state index in [0.29, 0.717) is 17.3 Å². The van der Waals surface area contributed by atoms with Gasteiger partial charge in [-0.3, -0.25) is 5.10 Å². The Bertz CT molecular complexity index is 768. The molecule has 1 aromatic heterocycles. The minimum atomic E-state index is -0.505. The molecule has 126 valence electrons. The first kappa shape index (κ1) is 14.6. The van der Waals surface area contributed by atoms with Crippen LogP contribution >= 0.6 is 0 Å². The average molecular weight is 330 g/mol. The maximum Gasteiger partial charge on any atom is 0.319 e. The Hall–Kier alpha value is -2.97. The molecule has 0 bridgehead atoms. The highest BCUT2D eigenvalue weighted by molar-refractivity contribution is 5.89. The Morgan fingerprint density at radius 3 is 2.83 bits per heavy atom. The molecule has 4 rings (SSSR count). The zero-order valence-corrected chi connectivity index (χ0v) is 13.0. The third kappa shape index (κ3) is 2.80. The molecule has 1 saturated carbocycles. The Morgan fingerprint density at radius 2 is 2.08 bits per heavy atom. The van der Waals surface area contributed by atoms with Gasteiger partial charge in [-0.1, -0.05) is 0 Å². The number of aromatic amines is 1. The van der Waals surface area contributed by atoms with Crippen LogP contribution < -0.4 is 25.8 Å². The van der Waals surface area contributed by atoms with Crippen LogP contribution in [0.4, 0.5) is 16.4 Å². The zero-order valence-electron chi connectivity index (χ0n) is 13.0. The van der Waals surface area contributed by atoms with E-state index in [4.69, 9.17) is 15.2 Å². The van der Waals surface area contributed by atoms with Crippen molar-refractivity contribution in [2.45, 2.75) is 38.0 Å².